The van der Waals surface area contributed by atoms with Crippen LogP contribution in [0.5, 0.6) is 0 Å². The lowest BCUT2D eigenvalue weighted by Gasteiger charge is -2.14. The lowest BCUT2D eigenvalue weighted by Crippen LogP contribution is -2.26. The summed E-state index contributed by atoms with van der Waals surface area (Å²) in [6.45, 7) is 3.85. The van der Waals surface area contributed by atoms with Crippen LogP contribution < -0.4 is 5.32 Å². The zero-order chi connectivity index (χ0) is 13.8. The Morgan fingerprint density at radius 2 is 1.63 bits per heavy atom. The molecule has 0 aliphatic rings. The van der Waals surface area contributed by atoms with E-state index in [2.05, 4.69) is 5.32 Å². The van der Waals surface area contributed by atoms with Gasteiger partial charge in [-0.15, -0.1) is 0 Å². The Hall–Kier alpha value is -2.16. The number of benzene rings is 2. The van der Waals surface area contributed by atoms with Crippen LogP contribution in [0.15, 0.2) is 48.5 Å². The van der Waals surface area contributed by atoms with Gasteiger partial charge in [0.15, 0.2) is 0 Å². The van der Waals surface area contributed by atoms with E-state index in [0.29, 0.717) is 5.56 Å². The molecule has 1 amide bonds. The molecule has 3 heteroatoms. The minimum absolute atomic E-state index is 0.128. The first-order valence-corrected chi connectivity index (χ1v) is 6.19. The van der Waals surface area contributed by atoms with Gasteiger partial charge in [0.05, 0.1) is 6.04 Å². The molecule has 0 saturated carbocycles. The maximum Gasteiger partial charge on any atom is 0.251 e. The zero-order valence-corrected chi connectivity index (χ0v) is 11.0. The van der Waals surface area contributed by atoms with Gasteiger partial charge in [0.25, 0.3) is 5.91 Å². The van der Waals surface area contributed by atoms with Crippen molar-refractivity contribution in [2.75, 3.05) is 0 Å². The summed E-state index contributed by atoms with van der Waals surface area (Å²) in [5.41, 5.74) is 2.62. The van der Waals surface area contributed by atoms with Crippen molar-refractivity contribution < 1.29 is 9.18 Å². The van der Waals surface area contributed by atoms with E-state index in [0.717, 1.165) is 11.1 Å². The van der Waals surface area contributed by atoms with Gasteiger partial charge in [0, 0.05) is 5.56 Å². The van der Waals surface area contributed by atoms with E-state index in [4.69, 9.17) is 0 Å². The molecule has 0 heterocycles. The summed E-state index contributed by atoms with van der Waals surface area (Å²) in [4.78, 5) is 12.0. The van der Waals surface area contributed by atoms with Crippen molar-refractivity contribution in [1.29, 1.82) is 0 Å². The number of amides is 1. The highest BCUT2D eigenvalue weighted by Gasteiger charge is 2.11. The predicted octanol–water partition coefficient (Wildman–Crippen LogP) is 3.63. The maximum atomic E-state index is 12.8. The largest absolute Gasteiger partial charge is 0.346 e. The molecular weight excluding hydrogens is 241 g/mol. The molecule has 1 atom stereocenters. The fraction of sp³-hybridized carbons (Fsp3) is 0.188. The Kier molecular flexibility index (Phi) is 3.95. The number of hydrogen-bond acceptors (Lipinski definition) is 1. The summed E-state index contributed by atoms with van der Waals surface area (Å²) < 4.78 is 12.8. The number of nitrogens with one attached hydrogen (secondary N) is 1. The number of rotatable bonds is 3. The molecule has 2 rings (SSSR count). The molecule has 0 unspecified atom stereocenters. The average molecular weight is 257 g/mol. The van der Waals surface area contributed by atoms with E-state index < -0.39 is 0 Å². The van der Waals surface area contributed by atoms with Gasteiger partial charge >= 0.3 is 0 Å². The minimum atomic E-state index is -0.277. The lowest BCUT2D eigenvalue weighted by atomic mass is 10.1. The summed E-state index contributed by atoms with van der Waals surface area (Å²) in [7, 11) is 0. The summed E-state index contributed by atoms with van der Waals surface area (Å²) in [6, 6.07) is 13.4. The van der Waals surface area contributed by atoms with Gasteiger partial charge < -0.3 is 5.32 Å². The molecule has 2 aromatic carbocycles. The first kappa shape index (κ1) is 13.3. The molecule has 19 heavy (non-hydrogen) atoms. The monoisotopic (exact) mass is 257 g/mol. The first-order valence-electron chi connectivity index (χ1n) is 6.19. The maximum absolute atomic E-state index is 12.8. The van der Waals surface area contributed by atoms with Gasteiger partial charge in [0.2, 0.25) is 0 Å². The molecule has 0 spiro atoms. The highest BCUT2D eigenvalue weighted by Crippen LogP contribution is 2.14. The highest BCUT2D eigenvalue weighted by atomic mass is 19.1. The number of hydrogen-bond donors (Lipinski definition) is 1. The predicted molar refractivity (Wildman–Crippen MR) is 73.5 cm³/mol. The van der Waals surface area contributed by atoms with Gasteiger partial charge in [-0.1, -0.05) is 29.8 Å². The lowest BCUT2D eigenvalue weighted by molar-refractivity contribution is 0.0940. The standard InChI is InChI=1S/C16H16FNO/c1-11-3-5-14(6-4-11)16(19)18-12(2)13-7-9-15(17)10-8-13/h3-10,12H,1-2H3,(H,18,19)/t12-/m1/s1. The zero-order valence-electron chi connectivity index (χ0n) is 11.0. The summed E-state index contributed by atoms with van der Waals surface area (Å²) in [5.74, 6) is -0.405. The van der Waals surface area contributed by atoms with Crippen LogP contribution in [-0.4, -0.2) is 5.91 Å². The molecular formula is C16H16FNO. The number of halogens is 1. The molecule has 98 valence electrons. The summed E-state index contributed by atoms with van der Waals surface area (Å²) >= 11 is 0. The van der Waals surface area contributed by atoms with E-state index in [9.17, 15) is 9.18 Å². The number of carbonyl (C=O) groups excluding carboxylic acids is 1. The summed E-state index contributed by atoms with van der Waals surface area (Å²) in [6.07, 6.45) is 0. The second kappa shape index (κ2) is 5.65. The molecule has 0 radical (unpaired) electrons. The third-order valence-electron chi connectivity index (χ3n) is 3.03. The van der Waals surface area contributed by atoms with Crippen LogP contribution >= 0.6 is 0 Å². The van der Waals surface area contributed by atoms with Crippen LogP contribution in [0.4, 0.5) is 4.39 Å². The van der Waals surface area contributed by atoms with Gasteiger partial charge in [-0.25, -0.2) is 4.39 Å². The Bertz CT molecular complexity index is 560. The van der Waals surface area contributed by atoms with E-state index in [1.54, 1.807) is 24.3 Å². The quantitative estimate of drug-likeness (QED) is 0.893. The number of aryl methyl sites for hydroxylation is 1. The van der Waals surface area contributed by atoms with Crippen LogP contribution in [0.25, 0.3) is 0 Å². The smallest absolute Gasteiger partial charge is 0.251 e. The first-order chi connectivity index (χ1) is 9.06. The Labute approximate surface area is 112 Å². The molecule has 0 aliphatic heterocycles. The van der Waals surface area contributed by atoms with Crippen LogP contribution in [0, 0.1) is 12.7 Å². The van der Waals surface area contributed by atoms with Crippen molar-refractivity contribution in [2.24, 2.45) is 0 Å². The summed E-state index contributed by atoms with van der Waals surface area (Å²) in [5, 5.41) is 2.89. The molecule has 2 aromatic rings. The van der Waals surface area contributed by atoms with Gasteiger partial charge in [-0.3, -0.25) is 4.79 Å². The third kappa shape index (κ3) is 3.41. The minimum Gasteiger partial charge on any atom is -0.346 e. The molecule has 0 aliphatic carbocycles. The Morgan fingerprint density at radius 3 is 2.21 bits per heavy atom. The molecule has 2 nitrogen and oxygen atoms in total. The van der Waals surface area contributed by atoms with E-state index >= 15 is 0 Å². The van der Waals surface area contributed by atoms with E-state index in [1.165, 1.54) is 12.1 Å². The highest BCUT2D eigenvalue weighted by molar-refractivity contribution is 5.94. The fourth-order valence-electron chi connectivity index (χ4n) is 1.82. The van der Waals surface area contributed by atoms with Crippen LogP contribution in [-0.2, 0) is 0 Å². The van der Waals surface area contributed by atoms with Crippen molar-refractivity contribution in [1.82, 2.24) is 5.32 Å². The van der Waals surface area contributed by atoms with Crippen LogP contribution in [0.3, 0.4) is 0 Å². The third-order valence-corrected chi connectivity index (χ3v) is 3.03. The van der Waals surface area contributed by atoms with Crippen molar-refractivity contribution in [3.05, 3.63) is 71.0 Å². The molecule has 0 bridgehead atoms. The van der Waals surface area contributed by atoms with Gasteiger partial charge in [-0.05, 0) is 43.7 Å². The topological polar surface area (TPSA) is 29.1 Å². The average Bonchev–Trinajstić information content (AvgIpc) is 2.40. The normalized spacial score (nSPS) is 11.9. The van der Waals surface area contributed by atoms with Crippen molar-refractivity contribution >= 4 is 5.91 Å². The second-order valence-corrected chi connectivity index (χ2v) is 4.61. The van der Waals surface area contributed by atoms with E-state index in [1.807, 2.05) is 26.0 Å². The molecule has 0 aromatic heterocycles. The molecule has 1 N–H and O–H groups in total. The number of carbonyl (C=O) groups is 1. The second-order valence-electron chi connectivity index (χ2n) is 4.61. The Balaban J connectivity index is 2.06. The SMILES string of the molecule is Cc1ccc(C(=O)N[C@H](C)c2ccc(F)cc2)cc1. The fourth-order valence-corrected chi connectivity index (χ4v) is 1.82. The van der Waals surface area contributed by atoms with Crippen molar-refractivity contribution in [3.63, 3.8) is 0 Å². The van der Waals surface area contributed by atoms with Crippen LogP contribution in [0.2, 0.25) is 0 Å². The van der Waals surface area contributed by atoms with Gasteiger partial charge in [0.1, 0.15) is 5.82 Å². The molecule has 0 saturated heterocycles. The van der Waals surface area contributed by atoms with Crippen LogP contribution in [0.1, 0.15) is 34.5 Å². The molecule has 0 fully saturated rings. The van der Waals surface area contributed by atoms with Crippen molar-refractivity contribution in [3.8, 4) is 0 Å². The van der Waals surface area contributed by atoms with Crippen molar-refractivity contribution in [2.45, 2.75) is 19.9 Å². The Morgan fingerprint density at radius 1 is 1.05 bits per heavy atom. The van der Waals surface area contributed by atoms with E-state index in [-0.39, 0.29) is 17.8 Å². The van der Waals surface area contributed by atoms with Gasteiger partial charge in [-0.2, -0.15) is 0 Å².